The van der Waals surface area contributed by atoms with Gasteiger partial charge in [0.1, 0.15) is 13.2 Å². The van der Waals surface area contributed by atoms with Crippen LogP contribution >= 0.6 is 0 Å². The molecular weight excluding hydrogens is 793 g/mol. The van der Waals surface area contributed by atoms with Gasteiger partial charge >= 0.3 is 17.9 Å². The average Bonchev–Trinajstić information content (AvgIpc) is 3.29. The summed E-state index contributed by atoms with van der Waals surface area (Å²) in [5.74, 6) is -0.928. The third kappa shape index (κ3) is 49.6. The maximum absolute atomic E-state index is 12.8. The van der Waals surface area contributed by atoms with Gasteiger partial charge in [0, 0.05) is 19.3 Å². The van der Waals surface area contributed by atoms with Crippen molar-refractivity contribution in [3.8, 4) is 0 Å². The molecule has 0 aliphatic carbocycles. The van der Waals surface area contributed by atoms with Crippen molar-refractivity contribution in [3.63, 3.8) is 0 Å². The van der Waals surface area contributed by atoms with Gasteiger partial charge in [0.15, 0.2) is 6.10 Å². The lowest BCUT2D eigenvalue weighted by molar-refractivity contribution is -0.167. The summed E-state index contributed by atoms with van der Waals surface area (Å²) >= 11 is 0. The number of carbonyl (C=O) groups excluding carboxylic acids is 3. The molecule has 0 saturated carbocycles. The van der Waals surface area contributed by atoms with E-state index in [1.165, 1.54) is 77.0 Å². The fourth-order valence-corrected chi connectivity index (χ4v) is 7.09. The second-order valence-corrected chi connectivity index (χ2v) is 17.4. The maximum Gasteiger partial charge on any atom is 0.306 e. The van der Waals surface area contributed by atoms with Crippen molar-refractivity contribution in [2.75, 3.05) is 13.2 Å². The van der Waals surface area contributed by atoms with Gasteiger partial charge in [0.05, 0.1) is 0 Å². The van der Waals surface area contributed by atoms with Crippen LogP contribution in [-0.4, -0.2) is 37.2 Å². The number of ether oxygens (including phenoxy) is 3. The Morgan fingerprint density at radius 1 is 0.328 bits per heavy atom. The lowest BCUT2D eigenvalue weighted by Crippen LogP contribution is -2.30. The van der Waals surface area contributed by atoms with E-state index in [0.717, 1.165) is 128 Å². The fraction of sp³-hybridized carbons (Fsp3) is 0.707. The van der Waals surface area contributed by atoms with Gasteiger partial charge in [-0.25, -0.2) is 0 Å². The van der Waals surface area contributed by atoms with Gasteiger partial charge in [-0.1, -0.05) is 202 Å². The Morgan fingerprint density at radius 2 is 0.625 bits per heavy atom. The third-order valence-electron chi connectivity index (χ3n) is 11.1. The molecule has 0 bridgehead atoms. The van der Waals surface area contributed by atoms with Crippen molar-refractivity contribution in [2.45, 2.75) is 252 Å². The Labute approximate surface area is 395 Å². The van der Waals surface area contributed by atoms with Crippen LogP contribution in [0.3, 0.4) is 0 Å². The van der Waals surface area contributed by atoms with Gasteiger partial charge in [-0.05, 0) is 109 Å². The van der Waals surface area contributed by atoms with E-state index in [2.05, 4.69) is 106 Å². The van der Waals surface area contributed by atoms with E-state index in [4.69, 9.17) is 14.2 Å². The molecule has 0 N–H and O–H groups in total. The van der Waals surface area contributed by atoms with Crippen LogP contribution in [0.25, 0.3) is 0 Å². The number of unbranched alkanes of at least 4 members (excludes halogenated alkanes) is 22. The molecule has 1 atom stereocenters. The van der Waals surface area contributed by atoms with Crippen molar-refractivity contribution in [3.05, 3.63) is 85.1 Å². The first-order valence-electron chi connectivity index (χ1n) is 26.6. The minimum Gasteiger partial charge on any atom is -0.462 e. The van der Waals surface area contributed by atoms with E-state index in [1.807, 2.05) is 0 Å². The minimum atomic E-state index is -0.792. The lowest BCUT2D eigenvalue weighted by Gasteiger charge is -2.18. The summed E-state index contributed by atoms with van der Waals surface area (Å²) in [5.41, 5.74) is 0. The van der Waals surface area contributed by atoms with Crippen LogP contribution in [0.2, 0.25) is 0 Å². The molecule has 0 aliphatic heterocycles. The van der Waals surface area contributed by atoms with E-state index in [0.29, 0.717) is 19.3 Å². The Balaban J connectivity index is 4.39. The maximum atomic E-state index is 12.8. The first-order chi connectivity index (χ1) is 31.5. The zero-order valence-corrected chi connectivity index (χ0v) is 41.8. The van der Waals surface area contributed by atoms with E-state index < -0.39 is 6.10 Å². The Kier molecular flexibility index (Phi) is 49.4. The monoisotopic (exact) mass is 891 g/mol. The normalized spacial score (nSPS) is 12.7. The highest BCUT2D eigenvalue weighted by Crippen LogP contribution is 2.14. The van der Waals surface area contributed by atoms with Crippen molar-refractivity contribution in [1.82, 2.24) is 0 Å². The van der Waals surface area contributed by atoms with Crippen molar-refractivity contribution in [2.24, 2.45) is 0 Å². The molecule has 0 aliphatic rings. The highest BCUT2D eigenvalue weighted by molar-refractivity contribution is 5.71. The van der Waals surface area contributed by atoms with Gasteiger partial charge < -0.3 is 14.2 Å². The Hall–Kier alpha value is -3.41. The molecule has 1 unspecified atom stereocenters. The summed E-state index contributed by atoms with van der Waals surface area (Å²) in [6.45, 7) is 6.44. The summed E-state index contributed by atoms with van der Waals surface area (Å²) in [6, 6.07) is 0. The number of allylic oxidation sites excluding steroid dienone is 14. The SMILES string of the molecule is CC/C=C\C/C=C\C/C=C\C/C=C\C/C=C\CCCCCCCC(=O)OCC(COC(=O)CCCCCCC/C=C\CCCC)OC(=O)CCCCCCC/C=C\CCCCCCC. The predicted octanol–water partition coefficient (Wildman–Crippen LogP) is 17.6. The number of carbonyl (C=O) groups is 3. The standard InChI is InChI=1S/C58H98O6/c1-4-7-10-13-16-19-22-24-26-27-28-29-30-31-32-34-36-39-42-45-48-51-57(60)63-54-55(53-62-56(59)50-47-44-41-38-35-21-18-15-12-9-6-3)64-58(61)52-49-46-43-40-37-33-25-23-20-17-14-11-8-5-2/h7,10,15-16,18-19,23-26,28-29,31-32,55H,4-6,8-9,11-14,17,20-22,27,30,33-54H2,1-3H3/b10-7-,18-15-,19-16-,25-23-,26-24-,29-28-,32-31-. The van der Waals surface area contributed by atoms with E-state index in [-0.39, 0.29) is 31.1 Å². The van der Waals surface area contributed by atoms with Gasteiger partial charge in [0.25, 0.3) is 0 Å². The molecule has 0 radical (unpaired) electrons. The molecule has 0 aromatic heterocycles. The van der Waals surface area contributed by atoms with Gasteiger partial charge in [0.2, 0.25) is 0 Å². The molecule has 0 heterocycles. The molecule has 0 saturated heterocycles. The second kappa shape index (κ2) is 52.2. The second-order valence-electron chi connectivity index (χ2n) is 17.4. The first-order valence-corrected chi connectivity index (χ1v) is 26.6. The Bertz CT molecular complexity index is 1250. The molecule has 0 aromatic rings. The summed E-state index contributed by atoms with van der Waals surface area (Å²) in [6.07, 6.45) is 67.1. The highest BCUT2D eigenvalue weighted by atomic mass is 16.6. The minimum absolute atomic E-state index is 0.0909. The molecule has 64 heavy (non-hydrogen) atoms. The first kappa shape index (κ1) is 60.6. The van der Waals surface area contributed by atoms with Crippen LogP contribution in [0, 0.1) is 0 Å². The summed E-state index contributed by atoms with van der Waals surface area (Å²) in [4.78, 5) is 38.0. The zero-order valence-electron chi connectivity index (χ0n) is 41.8. The number of hydrogen-bond acceptors (Lipinski definition) is 6. The van der Waals surface area contributed by atoms with E-state index >= 15 is 0 Å². The molecule has 0 rings (SSSR count). The number of esters is 3. The molecule has 6 heteroatoms. The fourth-order valence-electron chi connectivity index (χ4n) is 7.09. The van der Waals surface area contributed by atoms with Crippen LogP contribution in [0.15, 0.2) is 85.1 Å². The highest BCUT2D eigenvalue weighted by Gasteiger charge is 2.19. The van der Waals surface area contributed by atoms with Crippen molar-refractivity contribution >= 4 is 17.9 Å². The molecule has 0 aromatic carbocycles. The summed E-state index contributed by atoms with van der Waals surface area (Å²) in [5, 5.41) is 0. The molecule has 0 fully saturated rings. The Morgan fingerprint density at radius 3 is 1.02 bits per heavy atom. The van der Waals surface area contributed by atoms with Crippen LogP contribution < -0.4 is 0 Å². The summed E-state index contributed by atoms with van der Waals surface area (Å²) in [7, 11) is 0. The van der Waals surface area contributed by atoms with Gasteiger partial charge in [-0.3, -0.25) is 14.4 Å². The van der Waals surface area contributed by atoms with Gasteiger partial charge in [-0.15, -0.1) is 0 Å². The number of hydrogen-bond donors (Lipinski definition) is 0. The quantitative estimate of drug-likeness (QED) is 0.0262. The average molecular weight is 891 g/mol. The van der Waals surface area contributed by atoms with Crippen molar-refractivity contribution in [1.29, 1.82) is 0 Å². The van der Waals surface area contributed by atoms with Crippen LogP contribution in [-0.2, 0) is 28.6 Å². The molecule has 0 amide bonds. The largest absolute Gasteiger partial charge is 0.462 e. The molecule has 366 valence electrons. The summed E-state index contributed by atoms with van der Waals surface area (Å²) < 4.78 is 16.8. The third-order valence-corrected chi connectivity index (χ3v) is 11.1. The van der Waals surface area contributed by atoms with Crippen LogP contribution in [0.1, 0.15) is 245 Å². The molecule has 0 spiro atoms. The smallest absolute Gasteiger partial charge is 0.306 e. The van der Waals surface area contributed by atoms with Crippen molar-refractivity contribution < 1.29 is 28.6 Å². The lowest BCUT2D eigenvalue weighted by atomic mass is 10.1. The van der Waals surface area contributed by atoms with Crippen LogP contribution in [0.5, 0.6) is 0 Å². The molecular formula is C58H98O6. The zero-order chi connectivity index (χ0) is 46.5. The number of rotatable bonds is 47. The van der Waals surface area contributed by atoms with E-state index in [9.17, 15) is 14.4 Å². The van der Waals surface area contributed by atoms with E-state index in [1.54, 1.807) is 0 Å². The molecule has 6 nitrogen and oxygen atoms in total. The topological polar surface area (TPSA) is 78.9 Å². The van der Waals surface area contributed by atoms with Gasteiger partial charge in [-0.2, -0.15) is 0 Å². The van der Waals surface area contributed by atoms with Crippen LogP contribution in [0.4, 0.5) is 0 Å². The predicted molar refractivity (Wildman–Crippen MR) is 274 cm³/mol.